The van der Waals surface area contributed by atoms with Gasteiger partial charge < -0.3 is 29.2 Å². The molecule has 2 aromatic heterocycles. The van der Waals surface area contributed by atoms with Gasteiger partial charge in [-0.05, 0) is 43.5 Å². The van der Waals surface area contributed by atoms with Gasteiger partial charge in [0, 0.05) is 30.7 Å². The zero-order valence-corrected chi connectivity index (χ0v) is 20.6. The van der Waals surface area contributed by atoms with Crippen molar-refractivity contribution in [1.29, 1.82) is 0 Å². The van der Waals surface area contributed by atoms with Gasteiger partial charge in [0.05, 0.1) is 38.1 Å². The molecular formula is C26H28N4O6. The fourth-order valence-electron chi connectivity index (χ4n) is 5.24. The van der Waals surface area contributed by atoms with Crippen LogP contribution in [-0.4, -0.2) is 60.0 Å². The second-order valence-corrected chi connectivity index (χ2v) is 8.91. The first kappa shape index (κ1) is 23.5. The first-order valence-corrected chi connectivity index (χ1v) is 11.7. The third kappa shape index (κ3) is 3.69. The number of carboxylic acid groups (broad SMARTS) is 1. The van der Waals surface area contributed by atoms with Crippen molar-refractivity contribution in [2.24, 2.45) is 0 Å². The van der Waals surface area contributed by atoms with Crippen molar-refractivity contribution < 1.29 is 24.1 Å². The number of nitrogens with zero attached hydrogens (tertiary/aromatic N) is 3. The van der Waals surface area contributed by atoms with E-state index in [-0.39, 0.29) is 17.3 Å². The largest absolute Gasteiger partial charge is 0.493 e. The Morgan fingerprint density at radius 1 is 1.08 bits per heavy atom. The lowest BCUT2D eigenvalue weighted by molar-refractivity contribution is 0.0697. The van der Waals surface area contributed by atoms with Gasteiger partial charge in [-0.15, -0.1) is 0 Å². The third-order valence-electron chi connectivity index (χ3n) is 6.89. The molecule has 10 nitrogen and oxygen atoms in total. The normalized spacial score (nSPS) is 14.4. The van der Waals surface area contributed by atoms with E-state index in [4.69, 9.17) is 14.2 Å². The SMILES string of the molecule is COc1cc2c(N3CCC(n4c(=O)[nH]c5cc(C)ccc54)CC3)c(C(=O)O)cnc2c(OC)c1OC. The summed E-state index contributed by atoms with van der Waals surface area (Å²) in [5.41, 5.74) is 3.78. The Morgan fingerprint density at radius 3 is 2.44 bits per heavy atom. The highest BCUT2D eigenvalue weighted by molar-refractivity contribution is 6.07. The van der Waals surface area contributed by atoms with Crippen molar-refractivity contribution in [1.82, 2.24) is 14.5 Å². The van der Waals surface area contributed by atoms with Crippen LogP contribution in [0.2, 0.25) is 0 Å². The highest BCUT2D eigenvalue weighted by atomic mass is 16.5. The molecule has 5 rings (SSSR count). The summed E-state index contributed by atoms with van der Waals surface area (Å²) in [7, 11) is 4.54. The standard InChI is InChI=1S/C26H28N4O6/c1-14-5-6-19-18(11-14)28-26(33)30(19)15-7-9-29(10-8-15)22-16-12-20(34-2)23(35-3)24(36-4)21(16)27-13-17(22)25(31)32/h5-6,11-13,15H,7-10H2,1-4H3,(H,28,33)(H,31,32). The van der Waals surface area contributed by atoms with Crippen LogP contribution in [-0.2, 0) is 0 Å². The van der Waals surface area contributed by atoms with E-state index in [2.05, 4.69) is 9.97 Å². The van der Waals surface area contributed by atoms with Gasteiger partial charge in [0.15, 0.2) is 11.5 Å². The number of carboxylic acids is 1. The minimum atomic E-state index is -1.07. The molecule has 0 unspecified atom stereocenters. The molecule has 10 heteroatoms. The summed E-state index contributed by atoms with van der Waals surface area (Å²) in [4.78, 5) is 34.4. The highest BCUT2D eigenvalue weighted by Crippen LogP contribution is 2.46. The third-order valence-corrected chi connectivity index (χ3v) is 6.89. The Bertz CT molecular complexity index is 1530. The number of aryl methyl sites for hydroxylation is 1. The molecule has 1 aliphatic heterocycles. The van der Waals surface area contributed by atoms with E-state index >= 15 is 0 Å². The monoisotopic (exact) mass is 492 g/mol. The summed E-state index contributed by atoms with van der Waals surface area (Å²) in [5.74, 6) is 0.115. The van der Waals surface area contributed by atoms with E-state index in [1.807, 2.05) is 34.6 Å². The van der Waals surface area contributed by atoms with Crippen LogP contribution in [0.15, 0.2) is 35.3 Å². The number of hydrogen-bond donors (Lipinski definition) is 2. The number of aromatic nitrogens is 3. The first-order valence-electron chi connectivity index (χ1n) is 11.7. The van der Waals surface area contributed by atoms with Crippen molar-refractivity contribution in [3.8, 4) is 17.2 Å². The van der Waals surface area contributed by atoms with Crippen molar-refractivity contribution in [2.75, 3.05) is 39.3 Å². The summed E-state index contributed by atoms with van der Waals surface area (Å²) in [6.07, 6.45) is 2.70. The number of benzene rings is 2. The van der Waals surface area contributed by atoms with E-state index in [1.54, 1.807) is 6.07 Å². The van der Waals surface area contributed by atoms with Crippen LogP contribution in [0.25, 0.3) is 21.9 Å². The summed E-state index contributed by atoms with van der Waals surface area (Å²) in [5, 5.41) is 10.6. The minimum Gasteiger partial charge on any atom is -0.493 e. The average Bonchev–Trinajstić information content (AvgIpc) is 3.21. The van der Waals surface area contributed by atoms with Crippen molar-refractivity contribution in [2.45, 2.75) is 25.8 Å². The Labute approximate surface area is 207 Å². The Balaban J connectivity index is 1.57. The molecule has 4 aromatic rings. The number of rotatable bonds is 6. The van der Waals surface area contributed by atoms with Gasteiger partial charge >= 0.3 is 11.7 Å². The van der Waals surface area contributed by atoms with E-state index < -0.39 is 5.97 Å². The zero-order valence-electron chi connectivity index (χ0n) is 20.6. The maximum absolute atomic E-state index is 12.8. The number of H-pyrrole nitrogens is 1. The molecule has 1 aliphatic rings. The molecule has 1 saturated heterocycles. The molecule has 0 spiro atoms. The first-order chi connectivity index (χ1) is 17.4. The second kappa shape index (κ2) is 9.10. The lowest BCUT2D eigenvalue weighted by atomic mass is 10.00. The van der Waals surface area contributed by atoms with E-state index in [0.29, 0.717) is 59.8 Å². The molecule has 2 aromatic carbocycles. The lowest BCUT2D eigenvalue weighted by Gasteiger charge is -2.35. The molecule has 0 amide bonds. The number of fused-ring (bicyclic) bond motifs is 2. The van der Waals surface area contributed by atoms with Crippen LogP contribution < -0.4 is 24.8 Å². The molecule has 1 fully saturated rings. The summed E-state index contributed by atoms with van der Waals surface area (Å²) in [6.45, 7) is 3.11. The van der Waals surface area contributed by atoms with Crippen LogP contribution in [0.4, 0.5) is 5.69 Å². The number of piperidine rings is 1. The Hall–Kier alpha value is -4.21. The van der Waals surface area contributed by atoms with E-state index in [1.165, 1.54) is 27.5 Å². The number of hydrogen-bond acceptors (Lipinski definition) is 7. The number of nitrogens with one attached hydrogen (secondary N) is 1. The number of methoxy groups -OCH3 is 3. The predicted octanol–water partition coefficient (Wildman–Crippen LogP) is 3.75. The van der Waals surface area contributed by atoms with Gasteiger partial charge in [0.1, 0.15) is 11.1 Å². The zero-order chi connectivity index (χ0) is 25.6. The van der Waals surface area contributed by atoms with Gasteiger partial charge in [0.25, 0.3) is 0 Å². The fraction of sp³-hybridized carbons (Fsp3) is 0.346. The van der Waals surface area contributed by atoms with E-state index in [0.717, 1.165) is 16.6 Å². The smallest absolute Gasteiger partial charge is 0.339 e. The molecular weight excluding hydrogens is 464 g/mol. The molecule has 0 aliphatic carbocycles. The quantitative estimate of drug-likeness (QED) is 0.418. The van der Waals surface area contributed by atoms with Gasteiger partial charge in [-0.25, -0.2) is 9.59 Å². The number of ether oxygens (including phenoxy) is 3. The van der Waals surface area contributed by atoms with Crippen LogP contribution in [0.3, 0.4) is 0 Å². The molecule has 3 heterocycles. The van der Waals surface area contributed by atoms with Crippen LogP contribution in [0.5, 0.6) is 17.2 Å². The molecule has 0 saturated carbocycles. The molecule has 188 valence electrons. The highest BCUT2D eigenvalue weighted by Gasteiger charge is 2.29. The average molecular weight is 493 g/mol. The van der Waals surface area contributed by atoms with Crippen molar-refractivity contribution in [3.05, 3.63) is 52.1 Å². The Kier molecular flexibility index (Phi) is 5.95. The fourth-order valence-corrected chi connectivity index (χ4v) is 5.24. The summed E-state index contributed by atoms with van der Waals surface area (Å²) >= 11 is 0. The number of aromatic amines is 1. The molecule has 36 heavy (non-hydrogen) atoms. The molecule has 2 N–H and O–H groups in total. The molecule has 0 radical (unpaired) electrons. The molecule has 0 atom stereocenters. The Morgan fingerprint density at radius 2 is 1.81 bits per heavy atom. The van der Waals surface area contributed by atoms with E-state index in [9.17, 15) is 14.7 Å². The number of pyridine rings is 1. The van der Waals surface area contributed by atoms with Gasteiger partial charge in [0.2, 0.25) is 5.75 Å². The summed E-state index contributed by atoms with van der Waals surface area (Å²) < 4.78 is 18.4. The van der Waals surface area contributed by atoms with Gasteiger partial charge in [-0.3, -0.25) is 9.55 Å². The summed E-state index contributed by atoms with van der Waals surface area (Å²) in [6, 6.07) is 7.68. The minimum absolute atomic E-state index is 0.00393. The molecule has 0 bridgehead atoms. The van der Waals surface area contributed by atoms with Crippen LogP contribution in [0, 0.1) is 6.92 Å². The number of aromatic carboxylic acids is 1. The van der Waals surface area contributed by atoms with Crippen LogP contribution >= 0.6 is 0 Å². The second-order valence-electron chi connectivity index (χ2n) is 8.91. The van der Waals surface area contributed by atoms with Gasteiger partial charge in [-0.2, -0.15) is 0 Å². The maximum atomic E-state index is 12.8. The topological polar surface area (TPSA) is 119 Å². The van der Waals surface area contributed by atoms with Crippen LogP contribution in [0.1, 0.15) is 34.8 Å². The van der Waals surface area contributed by atoms with Crippen molar-refractivity contribution in [3.63, 3.8) is 0 Å². The number of imidazole rings is 1. The van der Waals surface area contributed by atoms with Crippen molar-refractivity contribution >= 4 is 33.6 Å². The predicted molar refractivity (Wildman–Crippen MR) is 136 cm³/mol. The maximum Gasteiger partial charge on any atom is 0.339 e. The van der Waals surface area contributed by atoms with Gasteiger partial charge in [-0.1, -0.05) is 6.07 Å². The number of carbonyl (C=O) groups is 1. The lowest BCUT2D eigenvalue weighted by Crippen LogP contribution is -2.37. The number of anilines is 1.